The predicted molar refractivity (Wildman–Crippen MR) is 65.9 cm³/mol. The summed E-state index contributed by atoms with van der Waals surface area (Å²) in [5, 5.41) is 12.9. The Kier molecular flexibility index (Phi) is 4.83. The first-order valence-corrected chi connectivity index (χ1v) is 5.39. The minimum Gasteiger partial charge on any atom is -0.339 e. The summed E-state index contributed by atoms with van der Waals surface area (Å²) in [4.78, 5) is 11.1. The molecule has 0 fully saturated rings. The topological polar surface area (TPSA) is 52.6 Å². The molecule has 0 saturated heterocycles. The van der Waals surface area contributed by atoms with Gasteiger partial charge in [0.25, 0.3) is 0 Å². The van der Waals surface area contributed by atoms with Gasteiger partial charge >= 0.3 is 6.03 Å². The van der Waals surface area contributed by atoms with E-state index in [4.69, 9.17) is 11.6 Å². The number of urea groups is 1. The lowest BCUT2D eigenvalue weighted by Crippen LogP contribution is -2.40. The van der Waals surface area contributed by atoms with Crippen LogP contribution >= 0.6 is 11.6 Å². The lowest BCUT2D eigenvalue weighted by molar-refractivity contribution is -0.0566. The Morgan fingerprint density at radius 3 is 2.59 bits per heavy atom. The molecule has 17 heavy (non-hydrogen) atoms. The zero-order chi connectivity index (χ0) is 12.8. The Balaban J connectivity index is 2.71. The van der Waals surface area contributed by atoms with Gasteiger partial charge in [-0.1, -0.05) is 23.4 Å². The van der Waals surface area contributed by atoms with Crippen LogP contribution in [-0.4, -0.2) is 29.4 Å². The summed E-state index contributed by atoms with van der Waals surface area (Å²) in [6, 6.07) is 5.80. The fourth-order valence-corrected chi connectivity index (χ4v) is 1.20. The van der Waals surface area contributed by atoms with Gasteiger partial charge in [0.15, 0.2) is 0 Å². The van der Waals surface area contributed by atoms with Crippen LogP contribution in [-0.2, 0) is 0 Å². The van der Waals surface area contributed by atoms with Gasteiger partial charge < -0.3 is 5.32 Å². The number of nitrogens with one attached hydrogen (secondary N) is 1. The second kappa shape index (κ2) is 6.14. The minimum atomic E-state index is -0.595. The Hall–Kier alpha value is -1.70. The largest absolute Gasteiger partial charge is 0.342 e. The van der Waals surface area contributed by atoms with Gasteiger partial charge in [0, 0.05) is 17.6 Å². The van der Waals surface area contributed by atoms with Crippen molar-refractivity contribution in [2.75, 3.05) is 7.05 Å². The Morgan fingerprint density at radius 2 is 2.06 bits per heavy atom. The quantitative estimate of drug-likeness (QED) is 0.457. The minimum absolute atomic E-state index is 0.545. The molecule has 1 atom stereocenters. The van der Waals surface area contributed by atoms with Crippen LogP contribution in [0.2, 0.25) is 5.02 Å². The SMILES string of the molecule is CNC(=O)N(O)C(C)C#Cc1ccc(Cl)cc1. The van der Waals surface area contributed by atoms with Crippen LogP contribution in [0.15, 0.2) is 24.3 Å². The number of rotatable bonds is 1. The van der Waals surface area contributed by atoms with Crippen molar-refractivity contribution in [3.05, 3.63) is 34.9 Å². The maximum Gasteiger partial charge on any atom is 0.342 e. The molecule has 2 N–H and O–H groups in total. The molecule has 0 spiro atoms. The molecular formula is C12H13ClN2O2. The van der Waals surface area contributed by atoms with E-state index < -0.39 is 12.1 Å². The molecule has 2 amide bonds. The van der Waals surface area contributed by atoms with Crippen molar-refractivity contribution >= 4 is 17.6 Å². The van der Waals surface area contributed by atoms with Crippen molar-refractivity contribution in [1.82, 2.24) is 10.4 Å². The summed E-state index contributed by atoms with van der Waals surface area (Å²) in [5.41, 5.74) is 0.770. The van der Waals surface area contributed by atoms with Crippen LogP contribution in [0.4, 0.5) is 4.79 Å². The van der Waals surface area contributed by atoms with Crippen molar-refractivity contribution in [3.8, 4) is 11.8 Å². The van der Waals surface area contributed by atoms with E-state index in [0.717, 1.165) is 5.56 Å². The molecule has 1 aromatic rings. The third-order valence-corrected chi connectivity index (χ3v) is 2.31. The van der Waals surface area contributed by atoms with Gasteiger partial charge in [-0.05, 0) is 31.2 Å². The first-order valence-electron chi connectivity index (χ1n) is 5.01. The smallest absolute Gasteiger partial charge is 0.339 e. The van der Waals surface area contributed by atoms with Gasteiger partial charge in [-0.2, -0.15) is 5.06 Å². The number of carbonyl (C=O) groups is 1. The number of hydrogen-bond donors (Lipinski definition) is 2. The van der Waals surface area contributed by atoms with E-state index in [-0.39, 0.29) is 0 Å². The fraction of sp³-hybridized carbons (Fsp3) is 0.250. The first-order chi connectivity index (χ1) is 8.04. The predicted octanol–water partition coefficient (Wildman–Crippen LogP) is 2.11. The normalized spacial score (nSPS) is 11.1. The molecule has 5 heteroatoms. The molecular weight excluding hydrogens is 240 g/mol. The number of carbonyl (C=O) groups excluding carboxylic acids is 1. The second-order valence-corrected chi connectivity index (χ2v) is 3.79. The molecule has 1 unspecified atom stereocenters. The lowest BCUT2D eigenvalue weighted by atomic mass is 10.2. The van der Waals surface area contributed by atoms with E-state index in [0.29, 0.717) is 10.1 Å². The summed E-state index contributed by atoms with van der Waals surface area (Å²) in [6.07, 6.45) is 0. The number of halogens is 1. The highest BCUT2D eigenvalue weighted by molar-refractivity contribution is 6.30. The van der Waals surface area contributed by atoms with Gasteiger partial charge in [0.1, 0.15) is 6.04 Å². The first kappa shape index (κ1) is 13.4. The molecule has 90 valence electrons. The van der Waals surface area contributed by atoms with Crippen molar-refractivity contribution in [2.45, 2.75) is 13.0 Å². The summed E-state index contributed by atoms with van der Waals surface area (Å²) >= 11 is 5.74. The highest BCUT2D eigenvalue weighted by Gasteiger charge is 2.13. The molecule has 4 nitrogen and oxygen atoms in total. The molecule has 0 saturated carbocycles. The molecule has 0 heterocycles. The standard InChI is InChI=1S/C12H13ClN2O2/c1-9(15(17)12(16)14-2)3-4-10-5-7-11(13)8-6-10/h5-9,17H,1-2H3,(H,14,16). The van der Waals surface area contributed by atoms with Gasteiger partial charge in [0.05, 0.1) is 0 Å². The summed E-state index contributed by atoms with van der Waals surface area (Å²) < 4.78 is 0. The van der Waals surface area contributed by atoms with E-state index in [1.807, 2.05) is 0 Å². The Morgan fingerprint density at radius 1 is 1.47 bits per heavy atom. The zero-order valence-corrected chi connectivity index (χ0v) is 10.3. The average Bonchev–Trinajstić information content (AvgIpc) is 2.35. The van der Waals surface area contributed by atoms with Gasteiger partial charge in [-0.25, -0.2) is 4.79 Å². The Labute approximate surface area is 105 Å². The van der Waals surface area contributed by atoms with Gasteiger partial charge in [-0.15, -0.1) is 0 Å². The number of nitrogens with zero attached hydrogens (tertiary/aromatic N) is 1. The monoisotopic (exact) mass is 252 g/mol. The van der Waals surface area contributed by atoms with Crippen LogP contribution in [0.3, 0.4) is 0 Å². The molecule has 0 radical (unpaired) electrons. The molecule has 0 aliphatic carbocycles. The van der Waals surface area contributed by atoms with E-state index in [2.05, 4.69) is 17.2 Å². The second-order valence-electron chi connectivity index (χ2n) is 3.35. The van der Waals surface area contributed by atoms with Crippen molar-refractivity contribution in [3.63, 3.8) is 0 Å². The molecule has 0 aliphatic rings. The molecule has 1 rings (SSSR count). The highest BCUT2D eigenvalue weighted by Crippen LogP contribution is 2.08. The highest BCUT2D eigenvalue weighted by atomic mass is 35.5. The lowest BCUT2D eigenvalue weighted by Gasteiger charge is -2.16. The molecule has 0 aromatic heterocycles. The fourth-order valence-electron chi connectivity index (χ4n) is 1.07. The maximum atomic E-state index is 11.1. The third kappa shape index (κ3) is 3.99. The zero-order valence-electron chi connectivity index (χ0n) is 9.57. The number of amides is 2. The van der Waals surface area contributed by atoms with E-state index in [1.54, 1.807) is 31.2 Å². The summed E-state index contributed by atoms with van der Waals surface area (Å²) in [5.74, 6) is 5.60. The van der Waals surface area contributed by atoms with Crippen LogP contribution in [0.25, 0.3) is 0 Å². The van der Waals surface area contributed by atoms with Crippen molar-refractivity contribution in [2.24, 2.45) is 0 Å². The molecule has 0 bridgehead atoms. The molecule has 1 aromatic carbocycles. The summed E-state index contributed by atoms with van der Waals surface area (Å²) in [6.45, 7) is 1.62. The average molecular weight is 253 g/mol. The van der Waals surface area contributed by atoms with Crippen LogP contribution in [0, 0.1) is 11.8 Å². The van der Waals surface area contributed by atoms with Crippen LogP contribution < -0.4 is 5.32 Å². The number of benzene rings is 1. The van der Waals surface area contributed by atoms with Crippen molar-refractivity contribution < 1.29 is 10.0 Å². The maximum absolute atomic E-state index is 11.1. The van der Waals surface area contributed by atoms with Crippen molar-refractivity contribution in [1.29, 1.82) is 0 Å². The van der Waals surface area contributed by atoms with Crippen LogP contribution in [0.1, 0.15) is 12.5 Å². The van der Waals surface area contributed by atoms with E-state index >= 15 is 0 Å². The van der Waals surface area contributed by atoms with E-state index in [9.17, 15) is 10.0 Å². The molecule has 0 aliphatic heterocycles. The Bertz CT molecular complexity index is 448. The van der Waals surface area contributed by atoms with Gasteiger partial charge in [0.2, 0.25) is 0 Å². The number of hydroxylamine groups is 2. The van der Waals surface area contributed by atoms with Crippen LogP contribution in [0.5, 0.6) is 0 Å². The summed E-state index contributed by atoms with van der Waals surface area (Å²) in [7, 11) is 1.44. The third-order valence-electron chi connectivity index (χ3n) is 2.06. The van der Waals surface area contributed by atoms with Gasteiger partial charge in [-0.3, -0.25) is 5.21 Å². The number of hydrogen-bond acceptors (Lipinski definition) is 2. The van der Waals surface area contributed by atoms with E-state index in [1.165, 1.54) is 7.05 Å².